The van der Waals surface area contributed by atoms with Crippen LogP contribution in [0.4, 0.5) is 5.69 Å². The van der Waals surface area contributed by atoms with Crippen LogP contribution in [0.2, 0.25) is 0 Å². The lowest BCUT2D eigenvalue weighted by molar-refractivity contribution is 0.102. The van der Waals surface area contributed by atoms with Gasteiger partial charge in [0.15, 0.2) is 0 Å². The minimum absolute atomic E-state index is 0.161. The number of carbonyl (C=O) groups is 1. The van der Waals surface area contributed by atoms with Crippen molar-refractivity contribution in [3.05, 3.63) is 84.3 Å². The van der Waals surface area contributed by atoms with Crippen molar-refractivity contribution in [1.82, 2.24) is 20.0 Å². The van der Waals surface area contributed by atoms with Gasteiger partial charge in [0.25, 0.3) is 5.91 Å². The van der Waals surface area contributed by atoms with Gasteiger partial charge < -0.3 is 5.32 Å². The summed E-state index contributed by atoms with van der Waals surface area (Å²) in [5, 5.41) is 11.7. The number of nitrogens with zero attached hydrogens (tertiary/aromatic N) is 4. The molecule has 1 N–H and O–H groups in total. The van der Waals surface area contributed by atoms with Gasteiger partial charge in [-0.1, -0.05) is 35.5 Å². The maximum Gasteiger partial charge on any atom is 0.256 e. The van der Waals surface area contributed by atoms with Crippen LogP contribution in [-0.4, -0.2) is 25.9 Å². The number of anilines is 1. The number of benzene rings is 2. The molecule has 0 saturated carbocycles. The van der Waals surface area contributed by atoms with Gasteiger partial charge in [0.05, 0.1) is 18.3 Å². The molecule has 2 aromatic heterocycles. The van der Waals surface area contributed by atoms with E-state index in [0.717, 1.165) is 16.5 Å². The van der Waals surface area contributed by atoms with Gasteiger partial charge in [-0.25, -0.2) is 4.68 Å². The summed E-state index contributed by atoms with van der Waals surface area (Å²) in [4.78, 5) is 17.0. The first-order chi connectivity index (χ1) is 12.3. The summed E-state index contributed by atoms with van der Waals surface area (Å²) >= 11 is 0. The van der Waals surface area contributed by atoms with Gasteiger partial charge in [0.1, 0.15) is 0 Å². The molecule has 0 bridgehead atoms. The van der Waals surface area contributed by atoms with Crippen molar-refractivity contribution >= 4 is 22.5 Å². The number of carbonyl (C=O) groups excluding carboxylic acids is 1. The largest absolute Gasteiger partial charge is 0.322 e. The lowest BCUT2D eigenvalue weighted by Gasteiger charge is -2.10. The van der Waals surface area contributed by atoms with Crippen LogP contribution in [0.3, 0.4) is 0 Å². The quantitative estimate of drug-likeness (QED) is 0.624. The molecule has 0 fully saturated rings. The van der Waals surface area contributed by atoms with Crippen LogP contribution < -0.4 is 5.32 Å². The molecule has 0 aliphatic carbocycles. The molecule has 0 saturated heterocycles. The number of pyridine rings is 1. The highest BCUT2D eigenvalue weighted by atomic mass is 16.1. The summed E-state index contributed by atoms with van der Waals surface area (Å²) in [6.07, 6.45) is 5.12. The van der Waals surface area contributed by atoms with E-state index in [0.29, 0.717) is 17.8 Å². The molecule has 0 aliphatic heterocycles. The lowest BCUT2D eigenvalue weighted by Crippen LogP contribution is -2.15. The fraction of sp³-hybridized carbons (Fsp3) is 0.0526. The van der Waals surface area contributed by atoms with E-state index in [9.17, 15) is 4.79 Å². The zero-order valence-corrected chi connectivity index (χ0v) is 13.3. The van der Waals surface area contributed by atoms with E-state index in [1.165, 1.54) is 0 Å². The van der Waals surface area contributed by atoms with Gasteiger partial charge in [-0.2, -0.15) is 0 Å². The molecular weight excluding hydrogens is 314 g/mol. The topological polar surface area (TPSA) is 72.7 Å². The van der Waals surface area contributed by atoms with E-state index in [2.05, 4.69) is 20.6 Å². The van der Waals surface area contributed by atoms with E-state index in [1.807, 2.05) is 48.5 Å². The Hall–Kier alpha value is -3.54. The summed E-state index contributed by atoms with van der Waals surface area (Å²) in [6.45, 7) is 0.489. The molecule has 2 heterocycles. The highest BCUT2D eigenvalue weighted by molar-refractivity contribution is 6.06. The third kappa shape index (κ3) is 3.23. The Morgan fingerprint density at radius 3 is 2.84 bits per heavy atom. The van der Waals surface area contributed by atoms with Crippen molar-refractivity contribution in [3.8, 4) is 0 Å². The Bertz CT molecular complexity index is 1030. The van der Waals surface area contributed by atoms with E-state index in [4.69, 9.17) is 0 Å². The molecular formula is C19H15N5O. The number of nitrogens with one attached hydrogen (secondary N) is 1. The predicted octanol–water partition coefficient (Wildman–Crippen LogP) is 3.13. The van der Waals surface area contributed by atoms with Crippen molar-refractivity contribution in [3.63, 3.8) is 0 Å². The van der Waals surface area contributed by atoms with Crippen molar-refractivity contribution in [1.29, 1.82) is 0 Å². The smallest absolute Gasteiger partial charge is 0.256 e. The maximum atomic E-state index is 12.7. The van der Waals surface area contributed by atoms with Crippen LogP contribution >= 0.6 is 0 Å². The Kier molecular flexibility index (Phi) is 3.92. The summed E-state index contributed by atoms with van der Waals surface area (Å²) in [6, 6.07) is 17.0. The molecule has 4 aromatic rings. The van der Waals surface area contributed by atoms with Crippen LogP contribution in [0.1, 0.15) is 15.9 Å². The first-order valence-electron chi connectivity index (χ1n) is 7.88. The Morgan fingerprint density at radius 2 is 1.96 bits per heavy atom. The number of rotatable bonds is 4. The fourth-order valence-corrected chi connectivity index (χ4v) is 2.71. The number of hydrogen-bond donors (Lipinski definition) is 1. The monoisotopic (exact) mass is 329 g/mol. The first kappa shape index (κ1) is 15.0. The Labute approximate surface area is 144 Å². The van der Waals surface area contributed by atoms with Gasteiger partial charge in [-0.05, 0) is 29.8 Å². The molecule has 0 radical (unpaired) electrons. The van der Waals surface area contributed by atoms with Gasteiger partial charge in [0, 0.05) is 29.0 Å². The molecule has 6 heteroatoms. The average molecular weight is 329 g/mol. The molecule has 2 aromatic carbocycles. The minimum Gasteiger partial charge on any atom is -0.322 e. The molecule has 1 amide bonds. The maximum absolute atomic E-state index is 12.7. The van der Waals surface area contributed by atoms with Crippen molar-refractivity contribution in [2.24, 2.45) is 0 Å². The van der Waals surface area contributed by atoms with E-state index < -0.39 is 0 Å². The second-order valence-corrected chi connectivity index (χ2v) is 5.62. The number of aromatic nitrogens is 4. The van der Waals surface area contributed by atoms with Crippen molar-refractivity contribution in [2.75, 3.05) is 5.32 Å². The summed E-state index contributed by atoms with van der Waals surface area (Å²) in [5.74, 6) is -0.161. The summed E-state index contributed by atoms with van der Waals surface area (Å²) in [5.41, 5.74) is 3.05. The normalized spacial score (nSPS) is 10.7. The first-order valence-corrected chi connectivity index (χ1v) is 7.88. The number of hydrogen-bond acceptors (Lipinski definition) is 4. The number of amides is 1. The van der Waals surface area contributed by atoms with E-state index >= 15 is 0 Å². The molecule has 6 nitrogen and oxygen atoms in total. The van der Waals surface area contributed by atoms with Crippen LogP contribution in [0.5, 0.6) is 0 Å². The van der Waals surface area contributed by atoms with Crippen LogP contribution in [-0.2, 0) is 6.54 Å². The fourth-order valence-electron chi connectivity index (χ4n) is 2.71. The van der Waals surface area contributed by atoms with Crippen molar-refractivity contribution in [2.45, 2.75) is 6.54 Å². The van der Waals surface area contributed by atoms with Crippen molar-refractivity contribution < 1.29 is 4.79 Å². The van der Waals surface area contributed by atoms with Gasteiger partial charge in [-0.3, -0.25) is 9.78 Å². The molecule has 25 heavy (non-hydrogen) atoms. The highest BCUT2D eigenvalue weighted by Crippen LogP contribution is 2.18. The zero-order chi connectivity index (χ0) is 17.1. The highest BCUT2D eigenvalue weighted by Gasteiger charge is 2.12. The average Bonchev–Trinajstić information content (AvgIpc) is 3.15. The van der Waals surface area contributed by atoms with Gasteiger partial charge in [-0.15, -0.1) is 5.10 Å². The third-order valence-corrected chi connectivity index (χ3v) is 3.93. The second-order valence-electron chi connectivity index (χ2n) is 5.62. The Morgan fingerprint density at radius 1 is 1.04 bits per heavy atom. The predicted molar refractivity (Wildman–Crippen MR) is 95.3 cm³/mol. The molecule has 122 valence electrons. The van der Waals surface area contributed by atoms with E-state index in [1.54, 1.807) is 29.3 Å². The standard InChI is InChI=1S/C19H15N5O/c25-19(22-16-8-7-14-5-3-9-20-18(14)12-16)17-6-2-1-4-15(17)13-24-11-10-21-23-24/h1-12H,13H2,(H,22,25). The van der Waals surface area contributed by atoms with Crippen LogP contribution in [0.15, 0.2) is 73.2 Å². The zero-order valence-electron chi connectivity index (χ0n) is 13.3. The SMILES string of the molecule is O=C(Nc1ccc2cccnc2c1)c1ccccc1Cn1ccnn1. The third-order valence-electron chi connectivity index (χ3n) is 3.93. The number of fused-ring (bicyclic) bond motifs is 1. The van der Waals surface area contributed by atoms with Gasteiger partial charge in [0.2, 0.25) is 0 Å². The molecule has 0 spiro atoms. The lowest BCUT2D eigenvalue weighted by atomic mass is 10.1. The summed E-state index contributed by atoms with van der Waals surface area (Å²) < 4.78 is 1.69. The molecule has 0 aliphatic rings. The Balaban J connectivity index is 1.60. The minimum atomic E-state index is -0.161. The molecule has 4 rings (SSSR count). The van der Waals surface area contributed by atoms with Gasteiger partial charge >= 0.3 is 0 Å². The second kappa shape index (κ2) is 6.52. The molecule has 0 unspecified atom stereocenters. The van der Waals surface area contributed by atoms with Crippen LogP contribution in [0.25, 0.3) is 10.9 Å². The van der Waals surface area contributed by atoms with Crippen LogP contribution in [0, 0.1) is 0 Å². The van der Waals surface area contributed by atoms with E-state index in [-0.39, 0.29) is 5.91 Å². The molecule has 0 atom stereocenters. The summed E-state index contributed by atoms with van der Waals surface area (Å²) in [7, 11) is 0.